The van der Waals surface area contributed by atoms with Crippen LogP contribution in [-0.2, 0) is 6.61 Å². The maximum Gasteiger partial charge on any atom is 0.235 e. The van der Waals surface area contributed by atoms with Crippen LogP contribution in [0.3, 0.4) is 0 Å². The molecule has 4 rings (SSSR count). The second-order valence-corrected chi connectivity index (χ2v) is 9.53. The topological polar surface area (TPSA) is 65.3 Å². The molecule has 5 nitrogen and oxygen atoms in total. The molecule has 0 spiro atoms. The van der Waals surface area contributed by atoms with Gasteiger partial charge < -0.3 is 4.74 Å². The van der Waals surface area contributed by atoms with Gasteiger partial charge in [0.1, 0.15) is 18.2 Å². The minimum atomic E-state index is -0.458. The molecule has 35 heavy (non-hydrogen) atoms. The van der Waals surface area contributed by atoms with E-state index in [1.807, 2.05) is 48.5 Å². The first-order valence-corrected chi connectivity index (χ1v) is 11.4. The Bertz CT molecular complexity index is 1380. The van der Waals surface area contributed by atoms with Crippen molar-refractivity contribution >= 4 is 17.0 Å². The van der Waals surface area contributed by atoms with Gasteiger partial charge in [-0.15, -0.1) is 0 Å². The van der Waals surface area contributed by atoms with Gasteiger partial charge in [-0.05, 0) is 58.5 Å². The van der Waals surface area contributed by atoms with Crippen LogP contribution < -0.4 is 4.74 Å². The van der Waals surface area contributed by atoms with Crippen LogP contribution in [0.15, 0.2) is 85.1 Å². The summed E-state index contributed by atoms with van der Waals surface area (Å²) in [7, 11) is 0. The highest BCUT2D eigenvalue weighted by atomic mass is 19.1. The molecule has 0 amide bonds. The molecule has 1 unspecified atom stereocenters. The number of pyridine rings is 1. The van der Waals surface area contributed by atoms with Gasteiger partial charge in [-0.3, -0.25) is 10.1 Å². The fourth-order valence-corrected chi connectivity index (χ4v) is 4.35. The van der Waals surface area contributed by atoms with Crippen LogP contribution >= 0.6 is 0 Å². The Kier molecular flexibility index (Phi) is 6.92. The van der Waals surface area contributed by atoms with Gasteiger partial charge in [0, 0.05) is 17.4 Å². The number of rotatable bonds is 7. The van der Waals surface area contributed by atoms with Gasteiger partial charge in [0.2, 0.25) is 6.20 Å². The molecule has 1 aromatic heterocycles. The zero-order valence-electron chi connectivity index (χ0n) is 19.9. The second-order valence-electron chi connectivity index (χ2n) is 9.53. The van der Waals surface area contributed by atoms with Crippen molar-refractivity contribution in [3.8, 4) is 5.75 Å². The van der Waals surface area contributed by atoms with Crippen molar-refractivity contribution < 1.29 is 14.1 Å². The Hall–Kier alpha value is -4.06. The third kappa shape index (κ3) is 5.90. The van der Waals surface area contributed by atoms with E-state index in [0.717, 1.165) is 34.0 Å². The Labute approximate surface area is 204 Å². The largest absolute Gasteiger partial charge is 0.487 e. The van der Waals surface area contributed by atoms with Gasteiger partial charge in [0.15, 0.2) is 0 Å². The highest BCUT2D eigenvalue weighted by Crippen LogP contribution is 2.43. The molecule has 0 aliphatic carbocycles. The zero-order chi connectivity index (χ0) is 25.0. The summed E-state index contributed by atoms with van der Waals surface area (Å²) in [6.45, 7) is 6.70. The van der Waals surface area contributed by atoms with Gasteiger partial charge >= 0.3 is 0 Å². The maximum atomic E-state index is 13.5. The highest BCUT2D eigenvalue weighted by Gasteiger charge is 2.30. The third-order valence-corrected chi connectivity index (χ3v) is 5.84. The molecule has 1 atom stereocenters. The summed E-state index contributed by atoms with van der Waals surface area (Å²) in [5.41, 5.74) is 4.09. The Morgan fingerprint density at radius 2 is 1.80 bits per heavy atom. The Balaban J connectivity index is 1.69. The average molecular weight is 471 g/mol. The van der Waals surface area contributed by atoms with Crippen molar-refractivity contribution in [2.45, 2.75) is 33.3 Å². The van der Waals surface area contributed by atoms with Gasteiger partial charge in [-0.2, -0.15) is 0 Å². The summed E-state index contributed by atoms with van der Waals surface area (Å²) < 4.78 is 19.5. The van der Waals surface area contributed by atoms with Gasteiger partial charge in [-0.25, -0.2) is 9.37 Å². The molecule has 6 heteroatoms. The molecule has 1 heterocycles. The quantitative estimate of drug-likeness (QED) is 0.209. The smallest absolute Gasteiger partial charge is 0.235 e. The van der Waals surface area contributed by atoms with Crippen molar-refractivity contribution in [1.82, 2.24) is 4.98 Å². The fourth-order valence-electron chi connectivity index (χ4n) is 4.35. The van der Waals surface area contributed by atoms with Crippen LogP contribution in [0.2, 0.25) is 0 Å². The summed E-state index contributed by atoms with van der Waals surface area (Å²) in [6.07, 6.45) is 2.50. The van der Waals surface area contributed by atoms with Crippen LogP contribution in [0.1, 0.15) is 49.1 Å². The van der Waals surface area contributed by atoms with Crippen molar-refractivity contribution in [2.75, 3.05) is 0 Å². The minimum Gasteiger partial charge on any atom is -0.487 e. The molecule has 0 aliphatic rings. The van der Waals surface area contributed by atoms with E-state index in [9.17, 15) is 14.5 Å². The van der Waals surface area contributed by atoms with E-state index in [2.05, 4.69) is 37.9 Å². The molecule has 0 fully saturated rings. The highest BCUT2D eigenvalue weighted by molar-refractivity contribution is 5.78. The first kappa shape index (κ1) is 24.1. The summed E-state index contributed by atoms with van der Waals surface area (Å²) in [5.74, 6) is 0.325. The number of fused-ring (bicyclic) bond motifs is 1. The number of nitro groups is 1. The normalized spacial score (nSPS) is 12.7. The Morgan fingerprint density at radius 3 is 2.51 bits per heavy atom. The summed E-state index contributed by atoms with van der Waals surface area (Å²) in [5, 5.41) is 11.8. The lowest BCUT2D eigenvalue weighted by atomic mass is 9.71. The number of halogens is 1. The second kappa shape index (κ2) is 10.1. The number of hydrogen-bond donors (Lipinski definition) is 0. The number of hydrogen-bond acceptors (Lipinski definition) is 4. The minimum absolute atomic E-state index is 0.0210. The van der Waals surface area contributed by atoms with Crippen LogP contribution in [0.4, 0.5) is 4.39 Å². The van der Waals surface area contributed by atoms with E-state index < -0.39 is 4.92 Å². The molecule has 0 saturated carbocycles. The molecular formula is C29H27FN2O3. The van der Waals surface area contributed by atoms with Crippen LogP contribution in [0, 0.1) is 21.3 Å². The molecule has 0 bridgehead atoms. The summed E-state index contributed by atoms with van der Waals surface area (Å²) in [6, 6.07) is 23.9. The predicted molar refractivity (Wildman–Crippen MR) is 136 cm³/mol. The summed E-state index contributed by atoms with van der Waals surface area (Å²) >= 11 is 0. The van der Waals surface area contributed by atoms with Gasteiger partial charge in [-0.1, -0.05) is 63.2 Å². The molecule has 3 aromatic carbocycles. The zero-order valence-corrected chi connectivity index (χ0v) is 19.9. The van der Waals surface area contributed by atoms with Crippen LogP contribution in [-0.4, -0.2) is 9.91 Å². The molecule has 0 N–H and O–H groups in total. The van der Waals surface area contributed by atoms with Crippen molar-refractivity contribution in [3.63, 3.8) is 0 Å². The fraction of sp³-hybridized carbons (Fsp3) is 0.207. The van der Waals surface area contributed by atoms with E-state index in [1.165, 1.54) is 18.2 Å². The monoisotopic (exact) mass is 470 g/mol. The summed E-state index contributed by atoms with van der Waals surface area (Å²) in [4.78, 5) is 15.1. The molecule has 0 aliphatic heterocycles. The van der Waals surface area contributed by atoms with Crippen molar-refractivity contribution in [3.05, 3.63) is 123 Å². The van der Waals surface area contributed by atoms with E-state index >= 15 is 0 Å². The lowest BCUT2D eigenvalue weighted by Gasteiger charge is -2.33. The van der Waals surface area contributed by atoms with E-state index in [1.54, 1.807) is 6.07 Å². The van der Waals surface area contributed by atoms with Gasteiger partial charge in [0.05, 0.1) is 16.1 Å². The van der Waals surface area contributed by atoms with Gasteiger partial charge in [0.25, 0.3) is 0 Å². The number of aromatic nitrogens is 1. The number of ether oxygens (including phenoxy) is 1. The predicted octanol–water partition coefficient (Wildman–Crippen LogP) is 7.38. The van der Waals surface area contributed by atoms with E-state index in [0.29, 0.717) is 11.3 Å². The average Bonchev–Trinajstić information content (AvgIpc) is 2.82. The lowest BCUT2D eigenvalue weighted by Crippen LogP contribution is -2.20. The van der Waals surface area contributed by atoms with Crippen LogP contribution in [0.5, 0.6) is 5.75 Å². The van der Waals surface area contributed by atoms with E-state index in [-0.39, 0.29) is 23.8 Å². The third-order valence-electron chi connectivity index (χ3n) is 5.84. The maximum absolute atomic E-state index is 13.5. The molecule has 0 saturated heterocycles. The van der Waals surface area contributed by atoms with Crippen molar-refractivity contribution in [2.24, 2.45) is 5.41 Å². The van der Waals surface area contributed by atoms with E-state index in [4.69, 9.17) is 4.74 Å². The molecular weight excluding hydrogens is 443 g/mol. The lowest BCUT2D eigenvalue weighted by molar-refractivity contribution is -0.400. The SMILES string of the molecule is CC(C)(C)C(c1ccccc1)c1cc(OCc2ccc3cc(F)ccc3n2)ccc1C=C[N+](=O)[O-]. The van der Waals surface area contributed by atoms with Crippen molar-refractivity contribution in [1.29, 1.82) is 0 Å². The number of nitrogens with zero attached hydrogens (tertiary/aromatic N) is 2. The standard InChI is InChI=1S/C29H27FN2O3/c1-29(2,3)28(21-7-5-4-6-8-21)26-18-25(13-10-20(26)15-16-32(33)34)35-19-24-12-9-22-17-23(30)11-14-27(22)31-24/h4-18,28H,19H2,1-3H3. The van der Waals surface area contributed by atoms with Crippen LogP contribution in [0.25, 0.3) is 17.0 Å². The number of benzene rings is 3. The first-order valence-electron chi connectivity index (χ1n) is 11.4. The first-order chi connectivity index (χ1) is 16.7. The molecule has 0 radical (unpaired) electrons. The molecule has 178 valence electrons. The Morgan fingerprint density at radius 1 is 1.03 bits per heavy atom. The molecule has 4 aromatic rings.